The van der Waals surface area contributed by atoms with Crippen molar-refractivity contribution in [3.63, 3.8) is 0 Å². The third kappa shape index (κ3) is 4.83. The lowest BCUT2D eigenvalue weighted by Gasteiger charge is -2.39. The van der Waals surface area contributed by atoms with E-state index in [0.29, 0.717) is 17.0 Å². The fraction of sp³-hybridized carbons (Fsp3) is 0.619. The summed E-state index contributed by atoms with van der Waals surface area (Å²) in [4.78, 5) is 24.4. The molecule has 1 aliphatic carbocycles. The van der Waals surface area contributed by atoms with Crippen LogP contribution in [0.4, 0.5) is 5.69 Å². The molecule has 0 spiro atoms. The Morgan fingerprint density at radius 3 is 2.32 bits per heavy atom. The zero-order valence-electron chi connectivity index (χ0n) is 16.2. The molecule has 2 N–H and O–H groups in total. The second kappa shape index (κ2) is 8.03. The number of nitrogens with one attached hydrogen (secondary N) is 2. The number of rotatable bonds is 4. The van der Waals surface area contributed by atoms with Crippen molar-refractivity contribution in [1.82, 2.24) is 5.32 Å². The average Bonchev–Trinajstić information content (AvgIpc) is 2.59. The first-order valence-electron chi connectivity index (χ1n) is 9.42. The van der Waals surface area contributed by atoms with Gasteiger partial charge in [-0.05, 0) is 68.1 Å². The van der Waals surface area contributed by atoms with E-state index in [1.54, 1.807) is 0 Å². The van der Waals surface area contributed by atoms with Gasteiger partial charge in [0.2, 0.25) is 0 Å². The van der Waals surface area contributed by atoms with Gasteiger partial charge in [-0.15, -0.1) is 0 Å². The van der Waals surface area contributed by atoms with Crippen molar-refractivity contribution < 1.29 is 9.59 Å². The van der Waals surface area contributed by atoms with Crippen molar-refractivity contribution in [2.75, 3.05) is 5.32 Å². The molecule has 0 saturated heterocycles. The molecule has 0 bridgehead atoms. The lowest BCUT2D eigenvalue weighted by molar-refractivity contribution is -0.136. The van der Waals surface area contributed by atoms with Crippen LogP contribution < -0.4 is 10.6 Å². The maximum Gasteiger partial charge on any atom is 0.313 e. The van der Waals surface area contributed by atoms with Crippen LogP contribution >= 0.6 is 0 Å². The topological polar surface area (TPSA) is 58.2 Å². The molecule has 4 heteroatoms. The first-order valence-corrected chi connectivity index (χ1v) is 9.42. The molecule has 1 aliphatic rings. The summed E-state index contributed by atoms with van der Waals surface area (Å²) in [6.45, 7) is 10.8. The molecular formula is C21H32N2O2. The second-order valence-corrected chi connectivity index (χ2v) is 8.07. The summed E-state index contributed by atoms with van der Waals surface area (Å²) in [5.41, 5.74) is 3.14. The maximum atomic E-state index is 12.2. The number of aryl methyl sites for hydroxylation is 1. The standard InChI is InChI=1S/C21H32N2O2/c1-6-21(4,5)16-10-12-17(13-11-16)22-19(24)20(25)23-18-9-7-8-14(2)15(18)3/h7-9,16-17H,6,10-13H2,1-5H3,(H,22,24)(H,23,25). The van der Waals surface area contributed by atoms with Gasteiger partial charge in [0.1, 0.15) is 0 Å². The van der Waals surface area contributed by atoms with Crippen LogP contribution in [0.2, 0.25) is 0 Å². The van der Waals surface area contributed by atoms with Gasteiger partial charge in [0, 0.05) is 11.7 Å². The Bertz CT molecular complexity index is 629. The Morgan fingerprint density at radius 2 is 1.72 bits per heavy atom. The molecule has 25 heavy (non-hydrogen) atoms. The van der Waals surface area contributed by atoms with E-state index in [9.17, 15) is 9.59 Å². The van der Waals surface area contributed by atoms with E-state index in [4.69, 9.17) is 0 Å². The molecule has 1 saturated carbocycles. The van der Waals surface area contributed by atoms with Crippen molar-refractivity contribution in [1.29, 1.82) is 0 Å². The summed E-state index contributed by atoms with van der Waals surface area (Å²) in [6.07, 6.45) is 5.31. The van der Waals surface area contributed by atoms with Crippen LogP contribution in [0.1, 0.15) is 64.0 Å². The predicted molar refractivity (Wildman–Crippen MR) is 103 cm³/mol. The van der Waals surface area contributed by atoms with Crippen molar-refractivity contribution >= 4 is 17.5 Å². The molecule has 0 heterocycles. The van der Waals surface area contributed by atoms with Gasteiger partial charge in [-0.3, -0.25) is 9.59 Å². The molecular weight excluding hydrogens is 312 g/mol. The molecule has 0 atom stereocenters. The minimum absolute atomic E-state index is 0.112. The summed E-state index contributed by atoms with van der Waals surface area (Å²) in [5, 5.41) is 5.64. The molecule has 1 fully saturated rings. The van der Waals surface area contributed by atoms with Crippen molar-refractivity contribution in [2.24, 2.45) is 11.3 Å². The summed E-state index contributed by atoms with van der Waals surface area (Å²) < 4.78 is 0. The van der Waals surface area contributed by atoms with Gasteiger partial charge in [0.15, 0.2) is 0 Å². The number of benzene rings is 1. The highest BCUT2D eigenvalue weighted by atomic mass is 16.2. The Balaban J connectivity index is 1.86. The molecule has 0 aromatic heterocycles. The van der Waals surface area contributed by atoms with Gasteiger partial charge < -0.3 is 10.6 Å². The average molecular weight is 344 g/mol. The quantitative estimate of drug-likeness (QED) is 0.798. The summed E-state index contributed by atoms with van der Waals surface area (Å²) in [7, 11) is 0. The summed E-state index contributed by atoms with van der Waals surface area (Å²) in [6, 6.07) is 5.81. The van der Waals surface area contributed by atoms with Crippen LogP contribution in [-0.2, 0) is 9.59 Å². The first kappa shape index (κ1) is 19.5. The van der Waals surface area contributed by atoms with Gasteiger partial charge in [0.25, 0.3) is 0 Å². The van der Waals surface area contributed by atoms with Crippen LogP contribution in [-0.4, -0.2) is 17.9 Å². The monoisotopic (exact) mass is 344 g/mol. The highest BCUT2D eigenvalue weighted by Crippen LogP contribution is 2.40. The van der Waals surface area contributed by atoms with Crippen LogP contribution in [0.25, 0.3) is 0 Å². The number of anilines is 1. The Kier molecular flexibility index (Phi) is 6.26. The minimum atomic E-state index is -0.579. The highest BCUT2D eigenvalue weighted by Gasteiger charge is 2.32. The zero-order valence-corrected chi connectivity index (χ0v) is 16.2. The van der Waals surface area contributed by atoms with Crippen LogP contribution in [0, 0.1) is 25.2 Å². The van der Waals surface area contributed by atoms with E-state index in [1.165, 1.54) is 6.42 Å². The van der Waals surface area contributed by atoms with Crippen molar-refractivity contribution in [2.45, 2.75) is 72.8 Å². The fourth-order valence-electron chi connectivity index (χ4n) is 3.62. The number of carbonyl (C=O) groups is 2. The van der Waals surface area contributed by atoms with E-state index >= 15 is 0 Å². The van der Waals surface area contributed by atoms with Crippen molar-refractivity contribution in [3.8, 4) is 0 Å². The second-order valence-electron chi connectivity index (χ2n) is 8.07. The smallest absolute Gasteiger partial charge is 0.313 e. The molecule has 0 aliphatic heterocycles. The summed E-state index contributed by atoms with van der Waals surface area (Å²) >= 11 is 0. The Morgan fingerprint density at radius 1 is 1.08 bits per heavy atom. The lowest BCUT2D eigenvalue weighted by Crippen LogP contribution is -2.44. The third-order valence-corrected chi connectivity index (χ3v) is 6.14. The van der Waals surface area contributed by atoms with Gasteiger partial charge in [-0.2, -0.15) is 0 Å². The molecule has 1 aromatic carbocycles. The van der Waals surface area contributed by atoms with Gasteiger partial charge in [-0.25, -0.2) is 0 Å². The lowest BCUT2D eigenvalue weighted by atomic mass is 9.69. The largest absolute Gasteiger partial charge is 0.345 e. The van der Waals surface area contributed by atoms with E-state index < -0.39 is 11.8 Å². The Labute approximate surface area is 151 Å². The molecule has 138 valence electrons. The number of hydrogen-bond donors (Lipinski definition) is 2. The number of carbonyl (C=O) groups excluding carboxylic acids is 2. The maximum absolute atomic E-state index is 12.2. The van der Waals surface area contributed by atoms with E-state index in [2.05, 4.69) is 31.4 Å². The normalized spacial score (nSPS) is 20.8. The van der Waals surface area contributed by atoms with Gasteiger partial charge in [-0.1, -0.05) is 39.3 Å². The molecule has 0 radical (unpaired) electrons. The molecule has 0 unspecified atom stereocenters. The summed E-state index contributed by atoms with van der Waals surface area (Å²) in [5.74, 6) is -0.404. The Hall–Kier alpha value is -1.84. The zero-order chi connectivity index (χ0) is 18.6. The number of amides is 2. The SMILES string of the molecule is CCC(C)(C)C1CCC(NC(=O)C(=O)Nc2cccc(C)c2C)CC1. The van der Waals surface area contributed by atoms with Crippen LogP contribution in [0.5, 0.6) is 0 Å². The van der Waals surface area contributed by atoms with Crippen molar-refractivity contribution in [3.05, 3.63) is 29.3 Å². The van der Waals surface area contributed by atoms with Crippen LogP contribution in [0.3, 0.4) is 0 Å². The molecule has 4 nitrogen and oxygen atoms in total. The van der Waals surface area contributed by atoms with Gasteiger partial charge in [0.05, 0.1) is 0 Å². The van der Waals surface area contributed by atoms with E-state index in [0.717, 1.165) is 36.8 Å². The molecule has 1 aromatic rings. The highest BCUT2D eigenvalue weighted by molar-refractivity contribution is 6.39. The predicted octanol–water partition coefficient (Wildman–Crippen LogP) is 4.35. The van der Waals surface area contributed by atoms with E-state index in [1.807, 2.05) is 32.0 Å². The number of hydrogen-bond acceptors (Lipinski definition) is 2. The van der Waals surface area contributed by atoms with E-state index in [-0.39, 0.29) is 6.04 Å². The molecule has 2 rings (SSSR count). The third-order valence-electron chi connectivity index (χ3n) is 6.14. The minimum Gasteiger partial charge on any atom is -0.345 e. The van der Waals surface area contributed by atoms with Crippen LogP contribution in [0.15, 0.2) is 18.2 Å². The van der Waals surface area contributed by atoms with Gasteiger partial charge >= 0.3 is 11.8 Å². The molecule has 2 amide bonds. The first-order chi connectivity index (χ1) is 11.7. The fourth-order valence-corrected chi connectivity index (χ4v) is 3.62.